The van der Waals surface area contributed by atoms with Crippen LogP contribution in [0.5, 0.6) is 5.75 Å². The number of hydrogen-bond donors (Lipinski definition) is 4. The number of ether oxygens (including phenoxy) is 1. The van der Waals surface area contributed by atoms with Gasteiger partial charge in [-0.2, -0.15) is 4.98 Å². The van der Waals surface area contributed by atoms with Crippen LogP contribution in [0.2, 0.25) is 5.02 Å². The Hall–Kier alpha value is -5.54. The number of piperidine rings is 2. The summed E-state index contributed by atoms with van der Waals surface area (Å²) in [5.74, 6) is -0.621. The maximum atomic E-state index is 13.4. The van der Waals surface area contributed by atoms with Crippen molar-refractivity contribution in [3.63, 3.8) is 0 Å². The molecular weight excluding hydrogens is 831 g/mol. The number of methoxy groups -OCH3 is 1. The molecule has 4 amide bonds. The van der Waals surface area contributed by atoms with Gasteiger partial charge in [-0.05, 0) is 82.0 Å². The first-order valence-corrected chi connectivity index (χ1v) is 24.0. The highest BCUT2D eigenvalue weighted by Gasteiger charge is 2.45. The van der Waals surface area contributed by atoms with Gasteiger partial charge in [-0.25, -0.2) is 4.98 Å². The van der Waals surface area contributed by atoms with E-state index in [0.29, 0.717) is 57.5 Å². The molecular formula is C44H52ClN10O6P. The Kier molecular flexibility index (Phi) is 12.8. The smallest absolute Gasteiger partial charge is 0.264 e. The number of piperazine rings is 1. The molecule has 1 aromatic heterocycles. The third-order valence-corrected chi connectivity index (χ3v) is 13.9. The van der Waals surface area contributed by atoms with Crippen molar-refractivity contribution in [1.82, 2.24) is 30.0 Å². The van der Waals surface area contributed by atoms with Crippen LogP contribution in [-0.2, 0) is 14.2 Å². The van der Waals surface area contributed by atoms with Gasteiger partial charge in [0, 0.05) is 81.0 Å². The number of nitrogens with zero attached hydrogens (tertiary/aromatic N) is 6. The number of aromatic nitrogens is 2. The van der Waals surface area contributed by atoms with Crippen LogP contribution >= 0.6 is 18.7 Å². The van der Waals surface area contributed by atoms with Gasteiger partial charge in [0.05, 0.1) is 35.8 Å². The van der Waals surface area contributed by atoms with E-state index in [1.165, 1.54) is 6.20 Å². The average Bonchev–Trinajstić information content (AvgIpc) is 3.52. The van der Waals surface area contributed by atoms with Crippen LogP contribution < -0.4 is 36.2 Å². The summed E-state index contributed by atoms with van der Waals surface area (Å²) in [6.45, 7) is 10.9. The van der Waals surface area contributed by atoms with E-state index in [0.717, 1.165) is 75.7 Å². The molecule has 4 N–H and O–H groups in total. The summed E-state index contributed by atoms with van der Waals surface area (Å²) < 4.78 is 18.7. The second-order valence-electron chi connectivity index (χ2n) is 16.4. The molecule has 0 radical (unpaired) electrons. The molecule has 326 valence electrons. The molecule has 4 aliphatic heterocycles. The van der Waals surface area contributed by atoms with E-state index in [1.807, 2.05) is 36.4 Å². The van der Waals surface area contributed by atoms with Crippen LogP contribution in [0.15, 0.2) is 66.9 Å². The van der Waals surface area contributed by atoms with E-state index in [9.17, 15) is 23.7 Å². The molecule has 5 heterocycles. The molecule has 4 aromatic rings. The van der Waals surface area contributed by atoms with Crippen molar-refractivity contribution >= 4 is 82.2 Å². The van der Waals surface area contributed by atoms with Crippen LogP contribution in [0.25, 0.3) is 0 Å². The fraction of sp³-hybridized carbons (Fsp3) is 0.409. The molecule has 18 heteroatoms. The molecule has 8 rings (SSSR count). The van der Waals surface area contributed by atoms with Gasteiger partial charge in [-0.1, -0.05) is 29.8 Å². The summed E-state index contributed by atoms with van der Waals surface area (Å²) in [7, 11) is -0.908. The molecule has 0 bridgehead atoms. The van der Waals surface area contributed by atoms with Gasteiger partial charge in [0.2, 0.25) is 17.8 Å². The first-order valence-electron chi connectivity index (χ1n) is 21.1. The van der Waals surface area contributed by atoms with Gasteiger partial charge in [-0.15, -0.1) is 0 Å². The molecule has 4 aliphatic rings. The van der Waals surface area contributed by atoms with E-state index in [4.69, 9.17) is 16.3 Å². The van der Waals surface area contributed by atoms with E-state index in [-0.39, 0.29) is 24.0 Å². The number of carbonyl (C=O) groups excluding carboxylic acids is 4. The monoisotopic (exact) mass is 882 g/mol. The molecule has 16 nitrogen and oxygen atoms in total. The Morgan fingerprint density at radius 1 is 0.871 bits per heavy atom. The SMILES string of the molecule is COc1cc(N2CCC(N3CCN(CCCNc4cccc5c4C(=O)N(C4CCC(=O)NC4=O)C5=O)CC3)CC2)ccc1Nc1ncc(Cl)c(Nc2ccccc2P(C)(C)=O)n1. The maximum Gasteiger partial charge on any atom is 0.264 e. The van der Waals surface area contributed by atoms with Crippen molar-refractivity contribution in [2.24, 2.45) is 0 Å². The first kappa shape index (κ1) is 43.1. The Morgan fingerprint density at radius 3 is 2.37 bits per heavy atom. The second-order valence-corrected chi connectivity index (χ2v) is 20.0. The largest absolute Gasteiger partial charge is 0.494 e. The number of nitrogens with one attached hydrogen (secondary N) is 4. The Labute approximate surface area is 366 Å². The topological polar surface area (TPSA) is 181 Å². The standard InChI is InChI=1S/C44H52ClN10O6P/c1-61-36-26-29(12-13-32(36)49-44-47-27-31(45)40(51-44)48-33-9-4-5-11-37(33)62(2,3)60)53-20-16-28(17-21-53)54-24-22-52(23-25-54)19-7-18-46-34-10-6-8-30-39(34)43(59)55(42(30)58)35-14-15-38(56)50-41(35)57/h4-6,8-13,26-28,35,46H,7,14-25H2,1-3H3,(H,50,56,57)(H2,47,48,49,51). The quantitative estimate of drug-likeness (QED) is 0.0722. The Bertz CT molecular complexity index is 2410. The fourth-order valence-electron chi connectivity index (χ4n) is 8.82. The lowest BCUT2D eigenvalue weighted by Crippen LogP contribution is -2.54. The molecule has 62 heavy (non-hydrogen) atoms. The molecule has 3 aromatic carbocycles. The van der Waals surface area contributed by atoms with Crippen molar-refractivity contribution < 1.29 is 28.5 Å². The highest BCUT2D eigenvalue weighted by atomic mass is 35.5. The van der Waals surface area contributed by atoms with Crippen molar-refractivity contribution in [3.8, 4) is 5.75 Å². The number of carbonyl (C=O) groups is 4. The molecule has 3 saturated heterocycles. The number of benzene rings is 3. The molecule has 3 fully saturated rings. The molecule has 0 aliphatic carbocycles. The van der Waals surface area contributed by atoms with E-state index >= 15 is 0 Å². The maximum absolute atomic E-state index is 13.4. The number of halogens is 1. The summed E-state index contributed by atoms with van der Waals surface area (Å²) in [5, 5.41) is 13.2. The number of anilines is 6. The highest BCUT2D eigenvalue weighted by molar-refractivity contribution is 7.70. The summed E-state index contributed by atoms with van der Waals surface area (Å²) in [6.07, 6.45) is 4.74. The number of para-hydroxylation sites is 1. The van der Waals surface area contributed by atoms with Crippen LogP contribution in [0.1, 0.15) is 52.8 Å². The number of amides is 4. The minimum Gasteiger partial charge on any atom is -0.494 e. The zero-order chi connectivity index (χ0) is 43.5. The average molecular weight is 883 g/mol. The van der Waals surface area contributed by atoms with E-state index in [1.54, 1.807) is 38.6 Å². The van der Waals surface area contributed by atoms with E-state index in [2.05, 4.69) is 52.0 Å². The predicted octanol–water partition coefficient (Wildman–Crippen LogP) is 5.36. The van der Waals surface area contributed by atoms with Crippen molar-refractivity contribution in [3.05, 3.63) is 83.0 Å². The highest BCUT2D eigenvalue weighted by Crippen LogP contribution is 2.39. The lowest BCUT2D eigenvalue weighted by atomic mass is 10.0. The normalized spacial score (nSPS) is 19.1. The molecule has 0 spiro atoms. The number of fused-ring (bicyclic) bond motifs is 1. The van der Waals surface area contributed by atoms with Crippen molar-refractivity contribution in [1.29, 1.82) is 0 Å². The van der Waals surface area contributed by atoms with Gasteiger partial charge < -0.3 is 35.1 Å². The van der Waals surface area contributed by atoms with Gasteiger partial charge in [-0.3, -0.25) is 34.3 Å². The summed E-state index contributed by atoms with van der Waals surface area (Å²) in [5.41, 5.74) is 3.63. The summed E-state index contributed by atoms with van der Waals surface area (Å²) >= 11 is 6.48. The lowest BCUT2D eigenvalue weighted by Gasteiger charge is -2.43. The van der Waals surface area contributed by atoms with Gasteiger partial charge >= 0.3 is 0 Å². The van der Waals surface area contributed by atoms with Crippen LogP contribution in [-0.4, -0.2) is 133 Å². The van der Waals surface area contributed by atoms with Crippen LogP contribution in [0.4, 0.5) is 34.5 Å². The minimum atomic E-state index is -2.55. The Morgan fingerprint density at radius 2 is 1.63 bits per heavy atom. The predicted molar refractivity (Wildman–Crippen MR) is 242 cm³/mol. The van der Waals surface area contributed by atoms with E-state index < -0.39 is 36.8 Å². The summed E-state index contributed by atoms with van der Waals surface area (Å²) in [4.78, 5) is 68.3. The van der Waals surface area contributed by atoms with Crippen LogP contribution in [0.3, 0.4) is 0 Å². The van der Waals surface area contributed by atoms with Gasteiger partial charge in [0.25, 0.3) is 11.8 Å². The Balaban J connectivity index is 0.787. The van der Waals surface area contributed by atoms with Crippen LogP contribution in [0, 0.1) is 0 Å². The van der Waals surface area contributed by atoms with Crippen molar-refractivity contribution in [2.45, 2.75) is 44.2 Å². The number of rotatable bonds is 14. The number of hydrogen-bond acceptors (Lipinski definition) is 14. The first-order chi connectivity index (χ1) is 29.9. The lowest BCUT2D eigenvalue weighted by molar-refractivity contribution is -0.136. The summed E-state index contributed by atoms with van der Waals surface area (Å²) in [6, 6.07) is 18.2. The zero-order valence-electron chi connectivity index (χ0n) is 35.2. The second kappa shape index (κ2) is 18.4. The number of imide groups is 2. The zero-order valence-corrected chi connectivity index (χ0v) is 36.8. The minimum absolute atomic E-state index is 0.0845. The molecule has 1 atom stereocenters. The molecule has 0 saturated carbocycles. The van der Waals surface area contributed by atoms with Gasteiger partial charge in [0.1, 0.15) is 24.0 Å². The third kappa shape index (κ3) is 9.29. The third-order valence-electron chi connectivity index (χ3n) is 12.1. The molecule has 1 unspecified atom stereocenters. The van der Waals surface area contributed by atoms with Crippen molar-refractivity contribution in [2.75, 3.05) is 93.6 Å². The fourth-order valence-corrected chi connectivity index (χ4v) is 10.1. The van der Waals surface area contributed by atoms with Gasteiger partial charge in [0.15, 0.2) is 5.82 Å².